The first-order valence-electron chi connectivity index (χ1n) is 5.48. The van der Waals surface area contributed by atoms with Crippen LogP contribution in [0.25, 0.3) is 0 Å². The highest BCUT2D eigenvalue weighted by molar-refractivity contribution is 5.23. The Bertz CT molecular complexity index is 303. The summed E-state index contributed by atoms with van der Waals surface area (Å²) >= 11 is 0. The molecule has 5 heteroatoms. The quantitative estimate of drug-likeness (QED) is 0.778. The van der Waals surface area contributed by atoms with Crippen LogP contribution in [0, 0.1) is 11.2 Å². The Kier molecular flexibility index (Phi) is 4.61. The summed E-state index contributed by atoms with van der Waals surface area (Å²) in [6.45, 7) is 4.77. The number of rotatable bonds is 6. The second-order valence-electron chi connectivity index (χ2n) is 3.94. The Morgan fingerprint density at radius 2 is 1.88 bits per heavy atom. The third kappa shape index (κ3) is 3.13. The summed E-state index contributed by atoms with van der Waals surface area (Å²) < 4.78 is 12.6. The molecule has 0 unspecified atom stereocenters. The molecule has 1 aromatic heterocycles. The van der Waals surface area contributed by atoms with E-state index in [0.717, 1.165) is 25.2 Å². The summed E-state index contributed by atoms with van der Waals surface area (Å²) in [4.78, 5) is 7.61. The molecule has 0 aromatic carbocycles. The van der Waals surface area contributed by atoms with Crippen LogP contribution in [-0.4, -0.2) is 28.2 Å². The molecule has 4 nitrogen and oxygen atoms in total. The first-order chi connectivity index (χ1) is 7.65. The molecule has 0 aliphatic rings. The number of nitrogens with zero attached hydrogens (tertiary/aromatic N) is 2. The normalized spacial score (nSPS) is 11.5. The Labute approximate surface area is 94.9 Å². The minimum Gasteiger partial charge on any atom is -0.396 e. The van der Waals surface area contributed by atoms with Gasteiger partial charge in [0.15, 0.2) is 5.82 Å². The zero-order valence-corrected chi connectivity index (χ0v) is 9.70. The van der Waals surface area contributed by atoms with Crippen LogP contribution in [-0.2, 0) is 0 Å². The summed E-state index contributed by atoms with van der Waals surface area (Å²) in [6, 6.07) is 0. The fourth-order valence-corrected chi connectivity index (χ4v) is 1.45. The highest BCUT2D eigenvalue weighted by atomic mass is 19.1. The minimum absolute atomic E-state index is 0.119. The van der Waals surface area contributed by atoms with Gasteiger partial charge < -0.3 is 10.4 Å². The first kappa shape index (κ1) is 12.8. The number of halogens is 1. The van der Waals surface area contributed by atoms with Crippen molar-refractivity contribution in [2.24, 2.45) is 5.41 Å². The lowest BCUT2D eigenvalue weighted by molar-refractivity contribution is 0.127. The summed E-state index contributed by atoms with van der Waals surface area (Å²) in [7, 11) is 0. The van der Waals surface area contributed by atoms with Crippen molar-refractivity contribution in [1.82, 2.24) is 9.97 Å². The molecular weight excluding hydrogens is 209 g/mol. The van der Waals surface area contributed by atoms with Gasteiger partial charge in [-0.25, -0.2) is 14.4 Å². The maximum atomic E-state index is 12.6. The van der Waals surface area contributed by atoms with Gasteiger partial charge in [-0.3, -0.25) is 0 Å². The molecule has 0 spiro atoms. The predicted octanol–water partition coefficient (Wildman–Crippen LogP) is 1.83. The molecule has 90 valence electrons. The van der Waals surface area contributed by atoms with Gasteiger partial charge in [-0.15, -0.1) is 0 Å². The molecule has 0 aliphatic heterocycles. The summed E-state index contributed by atoms with van der Waals surface area (Å²) in [6.07, 6.45) is 3.98. The maximum Gasteiger partial charge on any atom is 0.222 e. The van der Waals surface area contributed by atoms with Crippen LogP contribution in [0.5, 0.6) is 0 Å². The summed E-state index contributed by atoms with van der Waals surface area (Å²) in [5.74, 6) is -0.0638. The lowest BCUT2D eigenvalue weighted by atomic mass is 9.83. The van der Waals surface area contributed by atoms with E-state index in [-0.39, 0.29) is 12.0 Å². The van der Waals surface area contributed by atoms with Gasteiger partial charge in [-0.2, -0.15) is 0 Å². The Balaban J connectivity index is 2.58. The van der Waals surface area contributed by atoms with E-state index in [1.54, 1.807) is 0 Å². The van der Waals surface area contributed by atoms with Crippen LogP contribution in [0.3, 0.4) is 0 Å². The molecule has 0 saturated carbocycles. The smallest absolute Gasteiger partial charge is 0.222 e. The minimum atomic E-state index is -0.454. The van der Waals surface area contributed by atoms with Crippen molar-refractivity contribution in [2.75, 3.05) is 18.5 Å². The van der Waals surface area contributed by atoms with Crippen LogP contribution in [0.4, 0.5) is 10.3 Å². The number of anilines is 1. The third-order valence-electron chi connectivity index (χ3n) is 3.08. The maximum absolute atomic E-state index is 12.6. The molecule has 0 fully saturated rings. The lowest BCUT2D eigenvalue weighted by Gasteiger charge is -2.29. The molecule has 0 bridgehead atoms. The number of aliphatic hydroxyl groups is 1. The van der Waals surface area contributed by atoms with Crippen LogP contribution >= 0.6 is 0 Å². The Morgan fingerprint density at radius 3 is 2.31 bits per heavy atom. The van der Waals surface area contributed by atoms with Gasteiger partial charge in [0.25, 0.3) is 0 Å². The average molecular weight is 227 g/mol. The van der Waals surface area contributed by atoms with E-state index < -0.39 is 5.82 Å². The molecule has 2 N–H and O–H groups in total. The van der Waals surface area contributed by atoms with Crippen molar-refractivity contribution in [1.29, 1.82) is 0 Å². The first-order valence-corrected chi connectivity index (χ1v) is 5.48. The van der Waals surface area contributed by atoms with Gasteiger partial charge in [0, 0.05) is 12.0 Å². The summed E-state index contributed by atoms with van der Waals surface area (Å²) in [5, 5.41) is 12.4. The molecule has 1 rings (SSSR count). The molecule has 1 heterocycles. The fourth-order valence-electron chi connectivity index (χ4n) is 1.45. The van der Waals surface area contributed by atoms with E-state index in [1.165, 1.54) is 0 Å². The van der Waals surface area contributed by atoms with E-state index in [1.807, 2.05) is 13.8 Å². The molecule has 0 radical (unpaired) electrons. The number of hydrogen-bond donors (Lipinski definition) is 2. The van der Waals surface area contributed by atoms with Gasteiger partial charge in [0.1, 0.15) is 0 Å². The number of aromatic nitrogens is 2. The molecule has 0 saturated heterocycles. The highest BCUT2D eigenvalue weighted by Gasteiger charge is 2.25. The van der Waals surface area contributed by atoms with E-state index in [9.17, 15) is 9.50 Å². The topological polar surface area (TPSA) is 58.0 Å². The van der Waals surface area contributed by atoms with Crippen molar-refractivity contribution in [3.8, 4) is 0 Å². The third-order valence-corrected chi connectivity index (χ3v) is 3.08. The molecular formula is C11H18FN3O. The Morgan fingerprint density at radius 1 is 1.31 bits per heavy atom. The van der Waals surface area contributed by atoms with Gasteiger partial charge in [0.05, 0.1) is 19.0 Å². The fraction of sp³-hybridized carbons (Fsp3) is 0.636. The van der Waals surface area contributed by atoms with Crippen molar-refractivity contribution in [3.63, 3.8) is 0 Å². The van der Waals surface area contributed by atoms with E-state index in [4.69, 9.17) is 0 Å². The number of aliphatic hydroxyl groups excluding tert-OH is 1. The van der Waals surface area contributed by atoms with Crippen molar-refractivity contribution < 1.29 is 9.50 Å². The Hall–Kier alpha value is -1.23. The largest absolute Gasteiger partial charge is 0.396 e. The number of hydrogen-bond acceptors (Lipinski definition) is 4. The van der Waals surface area contributed by atoms with Gasteiger partial charge in [-0.05, 0) is 12.8 Å². The van der Waals surface area contributed by atoms with Crippen molar-refractivity contribution in [3.05, 3.63) is 18.2 Å². The average Bonchev–Trinajstić information content (AvgIpc) is 2.34. The monoisotopic (exact) mass is 227 g/mol. The van der Waals surface area contributed by atoms with Crippen LogP contribution in [0.1, 0.15) is 26.7 Å². The van der Waals surface area contributed by atoms with Crippen molar-refractivity contribution in [2.45, 2.75) is 26.7 Å². The SMILES string of the molecule is CCC(CC)(CO)CNc1ncc(F)cn1. The molecule has 0 aliphatic carbocycles. The molecule has 0 atom stereocenters. The van der Waals surface area contributed by atoms with Gasteiger partial charge >= 0.3 is 0 Å². The van der Waals surface area contributed by atoms with Gasteiger partial charge in [-0.1, -0.05) is 13.8 Å². The molecule has 0 amide bonds. The predicted molar refractivity (Wildman–Crippen MR) is 60.6 cm³/mol. The second kappa shape index (κ2) is 5.75. The van der Waals surface area contributed by atoms with E-state index >= 15 is 0 Å². The molecule has 16 heavy (non-hydrogen) atoms. The second-order valence-corrected chi connectivity index (χ2v) is 3.94. The van der Waals surface area contributed by atoms with E-state index in [2.05, 4.69) is 15.3 Å². The lowest BCUT2D eigenvalue weighted by Crippen LogP contribution is -2.32. The van der Waals surface area contributed by atoms with Crippen molar-refractivity contribution >= 4 is 5.95 Å². The zero-order valence-electron chi connectivity index (χ0n) is 9.70. The van der Waals surface area contributed by atoms with Crippen LogP contribution < -0.4 is 5.32 Å². The van der Waals surface area contributed by atoms with E-state index in [0.29, 0.717) is 12.5 Å². The van der Waals surface area contributed by atoms with Crippen LogP contribution in [0.2, 0.25) is 0 Å². The standard InChI is InChI=1S/C11H18FN3O/c1-3-11(4-2,8-16)7-15-10-13-5-9(12)6-14-10/h5-6,16H,3-4,7-8H2,1-2H3,(H,13,14,15). The highest BCUT2D eigenvalue weighted by Crippen LogP contribution is 2.25. The van der Waals surface area contributed by atoms with Gasteiger partial charge in [0.2, 0.25) is 5.95 Å². The molecule has 1 aromatic rings. The zero-order chi connectivity index (χ0) is 12.0. The van der Waals surface area contributed by atoms with Crippen LogP contribution in [0.15, 0.2) is 12.4 Å². The summed E-state index contributed by atoms with van der Waals surface area (Å²) in [5.41, 5.74) is -0.155. The number of nitrogens with one attached hydrogen (secondary N) is 1.